The van der Waals surface area contributed by atoms with Gasteiger partial charge < -0.3 is 10.2 Å². The number of nitrogens with zero attached hydrogens (tertiary/aromatic N) is 1. The van der Waals surface area contributed by atoms with Crippen molar-refractivity contribution in [3.8, 4) is 0 Å². The van der Waals surface area contributed by atoms with Crippen molar-refractivity contribution >= 4 is 21.8 Å². The monoisotopic (exact) mass is 312 g/mol. The zero-order valence-corrected chi connectivity index (χ0v) is 12.9. The number of benzene rings is 1. The number of carbonyl (C=O) groups excluding carboxylic acids is 1. The lowest BCUT2D eigenvalue weighted by Gasteiger charge is -2.18. The second-order valence-corrected chi connectivity index (χ2v) is 5.22. The van der Waals surface area contributed by atoms with E-state index in [1.54, 1.807) is 0 Å². The molecule has 0 aliphatic heterocycles. The molecule has 0 bridgehead atoms. The molecule has 1 aromatic carbocycles. The molecular formula is C14H21BrN2O. The Morgan fingerprint density at radius 2 is 1.94 bits per heavy atom. The number of carbonyl (C=O) groups is 1. The fraction of sp³-hybridized carbons (Fsp3) is 0.500. The largest absolute Gasteiger partial charge is 0.351 e. The van der Waals surface area contributed by atoms with Gasteiger partial charge >= 0.3 is 0 Å². The predicted octanol–water partition coefficient (Wildman–Crippen LogP) is 2.83. The van der Waals surface area contributed by atoms with E-state index in [0.29, 0.717) is 12.1 Å². The summed E-state index contributed by atoms with van der Waals surface area (Å²) in [7, 11) is 0. The molecule has 0 fully saturated rings. The molecular weight excluding hydrogens is 292 g/mol. The molecule has 1 rings (SSSR count). The maximum absolute atomic E-state index is 12.0. The van der Waals surface area contributed by atoms with Crippen molar-refractivity contribution in [3.05, 3.63) is 33.8 Å². The van der Waals surface area contributed by atoms with Crippen molar-refractivity contribution in [1.82, 2.24) is 10.2 Å². The smallest absolute Gasteiger partial charge is 0.251 e. The van der Waals surface area contributed by atoms with Crippen molar-refractivity contribution in [1.29, 1.82) is 0 Å². The van der Waals surface area contributed by atoms with E-state index in [0.717, 1.165) is 29.7 Å². The van der Waals surface area contributed by atoms with Gasteiger partial charge in [-0.3, -0.25) is 4.79 Å². The molecule has 0 unspecified atom stereocenters. The molecule has 0 spiro atoms. The van der Waals surface area contributed by atoms with Crippen molar-refractivity contribution < 1.29 is 4.79 Å². The van der Waals surface area contributed by atoms with E-state index in [1.807, 2.05) is 25.1 Å². The van der Waals surface area contributed by atoms with Crippen LogP contribution in [-0.4, -0.2) is 37.0 Å². The zero-order chi connectivity index (χ0) is 13.5. The van der Waals surface area contributed by atoms with Crippen LogP contribution >= 0.6 is 15.9 Å². The number of likely N-dealkylation sites (N-methyl/N-ethyl adjacent to an activating group) is 1. The van der Waals surface area contributed by atoms with Crippen LogP contribution in [0.1, 0.15) is 29.8 Å². The third-order valence-electron chi connectivity index (χ3n) is 2.91. The van der Waals surface area contributed by atoms with Gasteiger partial charge in [0.1, 0.15) is 0 Å². The average molecular weight is 313 g/mol. The molecule has 100 valence electrons. The van der Waals surface area contributed by atoms with Gasteiger partial charge in [0.25, 0.3) is 5.91 Å². The van der Waals surface area contributed by atoms with E-state index < -0.39 is 0 Å². The highest BCUT2D eigenvalue weighted by Gasteiger charge is 2.07. The Bertz CT molecular complexity index is 383. The van der Waals surface area contributed by atoms with Crippen molar-refractivity contribution in [2.75, 3.05) is 26.2 Å². The summed E-state index contributed by atoms with van der Waals surface area (Å²) in [6, 6.07) is 5.74. The molecule has 3 nitrogen and oxygen atoms in total. The maximum Gasteiger partial charge on any atom is 0.251 e. The van der Waals surface area contributed by atoms with Crippen molar-refractivity contribution in [3.63, 3.8) is 0 Å². The standard InChI is InChI=1S/C14H21BrN2O/c1-4-17(5-2)7-6-16-14(18)12-8-11(3)9-13(15)10-12/h8-10H,4-7H2,1-3H3,(H,16,18). The van der Waals surface area contributed by atoms with Gasteiger partial charge in [-0.25, -0.2) is 0 Å². The number of rotatable bonds is 6. The molecule has 0 saturated carbocycles. The highest BCUT2D eigenvalue weighted by atomic mass is 79.9. The van der Waals surface area contributed by atoms with Gasteiger partial charge in [0.15, 0.2) is 0 Å². The Balaban J connectivity index is 2.50. The maximum atomic E-state index is 12.0. The quantitative estimate of drug-likeness (QED) is 0.876. The first-order valence-electron chi connectivity index (χ1n) is 6.34. The number of hydrogen-bond acceptors (Lipinski definition) is 2. The van der Waals surface area contributed by atoms with Gasteiger partial charge in [-0.15, -0.1) is 0 Å². The number of halogens is 1. The topological polar surface area (TPSA) is 32.3 Å². The van der Waals surface area contributed by atoms with Gasteiger partial charge in [-0.1, -0.05) is 29.8 Å². The fourth-order valence-electron chi connectivity index (χ4n) is 1.84. The van der Waals surface area contributed by atoms with Crippen LogP contribution in [0.3, 0.4) is 0 Å². The minimum Gasteiger partial charge on any atom is -0.351 e. The molecule has 0 saturated heterocycles. The van der Waals surface area contributed by atoms with Crippen LogP contribution in [0.2, 0.25) is 0 Å². The number of aryl methyl sites for hydroxylation is 1. The van der Waals surface area contributed by atoms with E-state index >= 15 is 0 Å². The van der Waals surface area contributed by atoms with Crippen molar-refractivity contribution in [2.24, 2.45) is 0 Å². The number of hydrogen-bond donors (Lipinski definition) is 1. The molecule has 0 aromatic heterocycles. The summed E-state index contributed by atoms with van der Waals surface area (Å²) in [6.45, 7) is 9.85. The molecule has 0 atom stereocenters. The van der Waals surface area contributed by atoms with Crippen LogP contribution in [-0.2, 0) is 0 Å². The lowest BCUT2D eigenvalue weighted by Crippen LogP contribution is -2.34. The normalized spacial score (nSPS) is 10.7. The van der Waals surface area contributed by atoms with E-state index in [2.05, 4.69) is 40.0 Å². The Morgan fingerprint density at radius 3 is 2.50 bits per heavy atom. The third kappa shape index (κ3) is 4.78. The summed E-state index contributed by atoms with van der Waals surface area (Å²) in [5, 5.41) is 2.95. The molecule has 18 heavy (non-hydrogen) atoms. The zero-order valence-electron chi connectivity index (χ0n) is 11.3. The predicted molar refractivity (Wildman–Crippen MR) is 79.0 cm³/mol. The summed E-state index contributed by atoms with van der Waals surface area (Å²) in [5.41, 5.74) is 1.79. The van der Waals surface area contributed by atoms with Gasteiger partial charge in [0.2, 0.25) is 0 Å². The SMILES string of the molecule is CCN(CC)CCNC(=O)c1cc(C)cc(Br)c1. The van der Waals surface area contributed by atoms with E-state index in [-0.39, 0.29) is 5.91 Å². The first-order valence-corrected chi connectivity index (χ1v) is 7.13. The summed E-state index contributed by atoms with van der Waals surface area (Å²) in [4.78, 5) is 14.2. The molecule has 0 aliphatic carbocycles. The minimum absolute atomic E-state index is 0.00782. The van der Waals surface area contributed by atoms with Crippen LogP contribution in [0.15, 0.2) is 22.7 Å². The second-order valence-electron chi connectivity index (χ2n) is 4.30. The van der Waals surface area contributed by atoms with Gasteiger partial charge in [-0.05, 0) is 43.8 Å². The highest BCUT2D eigenvalue weighted by Crippen LogP contribution is 2.15. The van der Waals surface area contributed by atoms with Crippen LogP contribution in [0, 0.1) is 6.92 Å². The van der Waals surface area contributed by atoms with Crippen LogP contribution < -0.4 is 5.32 Å². The number of amides is 1. The van der Waals surface area contributed by atoms with Crippen molar-refractivity contribution in [2.45, 2.75) is 20.8 Å². The summed E-state index contributed by atoms with van der Waals surface area (Å²) < 4.78 is 0.941. The second kappa shape index (κ2) is 7.54. The Kier molecular flexibility index (Phi) is 6.36. The molecule has 0 heterocycles. The van der Waals surface area contributed by atoms with Gasteiger partial charge in [-0.2, -0.15) is 0 Å². The molecule has 1 amide bonds. The summed E-state index contributed by atoms with van der Waals surface area (Å²) in [5.74, 6) is -0.00782. The Labute approximate surface area is 118 Å². The summed E-state index contributed by atoms with van der Waals surface area (Å²) in [6.07, 6.45) is 0. The van der Waals surface area contributed by atoms with E-state index in [1.165, 1.54) is 0 Å². The van der Waals surface area contributed by atoms with Gasteiger partial charge in [0.05, 0.1) is 0 Å². The average Bonchev–Trinajstić information content (AvgIpc) is 2.33. The Morgan fingerprint density at radius 1 is 1.28 bits per heavy atom. The molecule has 1 N–H and O–H groups in total. The van der Waals surface area contributed by atoms with E-state index in [4.69, 9.17) is 0 Å². The lowest BCUT2D eigenvalue weighted by molar-refractivity contribution is 0.0949. The molecule has 0 radical (unpaired) electrons. The first kappa shape index (κ1) is 15.2. The summed E-state index contributed by atoms with van der Waals surface area (Å²) >= 11 is 3.41. The minimum atomic E-state index is -0.00782. The van der Waals surface area contributed by atoms with Crippen LogP contribution in [0.25, 0.3) is 0 Å². The van der Waals surface area contributed by atoms with Gasteiger partial charge in [0, 0.05) is 23.1 Å². The van der Waals surface area contributed by atoms with Crippen LogP contribution in [0.4, 0.5) is 0 Å². The lowest BCUT2D eigenvalue weighted by atomic mass is 10.1. The third-order valence-corrected chi connectivity index (χ3v) is 3.37. The fourth-order valence-corrected chi connectivity index (χ4v) is 2.44. The highest BCUT2D eigenvalue weighted by molar-refractivity contribution is 9.10. The van der Waals surface area contributed by atoms with Crippen LogP contribution in [0.5, 0.6) is 0 Å². The molecule has 4 heteroatoms. The molecule has 0 aliphatic rings. The first-order chi connectivity index (χ1) is 8.56. The Hall–Kier alpha value is -0.870. The molecule has 1 aromatic rings. The van der Waals surface area contributed by atoms with E-state index in [9.17, 15) is 4.79 Å². The number of nitrogens with one attached hydrogen (secondary N) is 1.